The average molecular weight is 380 g/mol. The van der Waals surface area contributed by atoms with Crippen molar-refractivity contribution in [3.05, 3.63) is 44.8 Å². The normalized spacial score (nSPS) is 23.0. The zero-order valence-electron chi connectivity index (χ0n) is 13.8. The first-order valence-corrected chi connectivity index (χ1v) is 10.2. The molecule has 2 aliphatic heterocycles. The molecule has 2 fully saturated rings. The van der Waals surface area contributed by atoms with Gasteiger partial charge in [0.1, 0.15) is 6.10 Å². The van der Waals surface area contributed by atoms with Gasteiger partial charge in [0, 0.05) is 6.42 Å². The van der Waals surface area contributed by atoms with Gasteiger partial charge in [0.25, 0.3) is 0 Å². The fraction of sp³-hybridized carbons (Fsp3) is 0.500. The minimum atomic E-state index is -1.74. The SMILES string of the molecule is O=C(O[C@H]1COC2(CCNCC2)C1)C(O)(c1cccs1)c1cccs1. The molecule has 2 aromatic rings. The van der Waals surface area contributed by atoms with Crippen LogP contribution >= 0.6 is 22.7 Å². The molecule has 0 radical (unpaired) electrons. The first-order chi connectivity index (χ1) is 12.1. The van der Waals surface area contributed by atoms with E-state index in [1.54, 1.807) is 12.1 Å². The first kappa shape index (κ1) is 17.2. The molecule has 1 spiro atoms. The molecule has 2 saturated heterocycles. The van der Waals surface area contributed by atoms with Crippen LogP contribution in [0.4, 0.5) is 0 Å². The highest BCUT2D eigenvalue weighted by molar-refractivity contribution is 7.12. The Kier molecular flexibility index (Phi) is 4.68. The molecular formula is C18H21NO4S2. The highest BCUT2D eigenvalue weighted by Gasteiger charge is 2.48. The maximum absolute atomic E-state index is 13.0. The number of nitrogens with one attached hydrogen (secondary N) is 1. The topological polar surface area (TPSA) is 67.8 Å². The summed E-state index contributed by atoms with van der Waals surface area (Å²) in [5.74, 6) is -0.614. The number of ether oxygens (including phenoxy) is 2. The number of hydrogen-bond acceptors (Lipinski definition) is 7. The van der Waals surface area contributed by atoms with Gasteiger partial charge in [-0.2, -0.15) is 0 Å². The summed E-state index contributed by atoms with van der Waals surface area (Å²) in [6.07, 6.45) is 2.25. The summed E-state index contributed by atoms with van der Waals surface area (Å²) in [6, 6.07) is 7.19. The van der Waals surface area contributed by atoms with E-state index in [9.17, 15) is 9.90 Å². The predicted molar refractivity (Wildman–Crippen MR) is 96.9 cm³/mol. The lowest BCUT2D eigenvalue weighted by Gasteiger charge is -2.32. The Morgan fingerprint density at radius 2 is 1.88 bits per heavy atom. The molecule has 25 heavy (non-hydrogen) atoms. The fourth-order valence-corrected chi connectivity index (χ4v) is 5.35. The molecular weight excluding hydrogens is 358 g/mol. The summed E-state index contributed by atoms with van der Waals surface area (Å²) >= 11 is 2.70. The summed E-state index contributed by atoms with van der Waals surface area (Å²) in [6.45, 7) is 2.25. The smallest absolute Gasteiger partial charge is 0.349 e. The van der Waals surface area contributed by atoms with Gasteiger partial charge in [-0.05, 0) is 48.8 Å². The number of hydrogen-bond donors (Lipinski definition) is 2. The van der Waals surface area contributed by atoms with Crippen LogP contribution in [-0.4, -0.2) is 42.5 Å². The average Bonchev–Trinajstić information content (AvgIpc) is 3.38. The maximum atomic E-state index is 13.0. The van der Waals surface area contributed by atoms with Crippen LogP contribution in [0.5, 0.6) is 0 Å². The lowest BCUT2D eigenvalue weighted by molar-refractivity contribution is -0.167. The van der Waals surface area contributed by atoms with Crippen molar-refractivity contribution < 1.29 is 19.4 Å². The van der Waals surface area contributed by atoms with Crippen molar-refractivity contribution >= 4 is 28.6 Å². The Hall–Kier alpha value is -1.25. The van der Waals surface area contributed by atoms with Crippen molar-refractivity contribution in [2.75, 3.05) is 19.7 Å². The molecule has 134 valence electrons. The van der Waals surface area contributed by atoms with Gasteiger partial charge < -0.3 is 19.9 Å². The van der Waals surface area contributed by atoms with E-state index in [1.807, 2.05) is 22.9 Å². The van der Waals surface area contributed by atoms with Crippen molar-refractivity contribution in [2.45, 2.75) is 36.6 Å². The van der Waals surface area contributed by atoms with Crippen molar-refractivity contribution in [2.24, 2.45) is 0 Å². The number of rotatable bonds is 4. The monoisotopic (exact) mass is 379 g/mol. The number of thiophene rings is 2. The minimum absolute atomic E-state index is 0.180. The number of aliphatic hydroxyl groups is 1. The largest absolute Gasteiger partial charge is 0.457 e. The summed E-state index contributed by atoms with van der Waals surface area (Å²) in [5, 5.41) is 18.3. The van der Waals surface area contributed by atoms with Crippen LogP contribution in [0.15, 0.2) is 35.0 Å². The quantitative estimate of drug-likeness (QED) is 0.799. The Balaban J connectivity index is 1.52. The molecule has 0 aromatic carbocycles. The third-order valence-corrected chi connectivity index (χ3v) is 6.97. The van der Waals surface area contributed by atoms with E-state index in [1.165, 1.54) is 22.7 Å². The lowest BCUT2D eigenvalue weighted by atomic mass is 9.89. The summed E-state index contributed by atoms with van der Waals surface area (Å²) in [4.78, 5) is 14.1. The van der Waals surface area contributed by atoms with Gasteiger partial charge in [-0.1, -0.05) is 12.1 Å². The van der Waals surface area contributed by atoms with Crippen molar-refractivity contribution in [1.82, 2.24) is 5.32 Å². The second kappa shape index (κ2) is 6.81. The Morgan fingerprint density at radius 1 is 1.24 bits per heavy atom. The van der Waals surface area contributed by atoms with E-state index in [4.69, 9.17) is 9.47 Å². The molecule has 4 heterocycles. The second-order valence-corrected chi connectivity index (χ2v) is 8.54. The van der Waals surface area contributed by atoms with Gasteiger partial charge in [-0.3, -0.25) is 0 Å². The van der Waals surface area contributed by atoms with Crippen LogP contribution in [0.2, 0.25) is 0 Å². The molecule has 0 saturated carbocycles. The van der Waals surface area contributed by atoms with Crippen molar-refractivity contribution in [1.29, 1.82) is 0 Å². The van der Waals surface area contributed by atoms with E-state index in [0.717, 1.165) is 25.9 Å². The summed E-state index contributed by atoms with van der Waals surface area (Å²) in [7, 11) is 0. The highest BCUT2D eigenvalue weighted by atomic mass is 32.1. The summed E-state index contributed by atoms with van der Waals surface area (Å²) < 4.78 is 11.7. The Morgan fingerprint density at radius 3 is 2.44 bits per heavy atom. The van der Waals surface area contributed by atoms with Gasteiger partial charge in [0.15, 0.2) is 0 Å². The van der Waals surface area contributed by atoms with Gasteiger partial charge in [0.05, 0.1) is 22.0 Å². The number of piperidine rings is 1. The number of esters is 1. The highest BCUT2D eigenvalue weighted by Crippen LogP contribution is 2.39. The summed E-state index contributed by atoms with van der Waals surface area (Å²) in [5.41, 5.74) is -1.92. The van der Waals surface area contributed by atoms with Crippen molar-refractivity contribution in [3.8, 4) is 0 Å². The third-order valence-electron chi connectivity index (χ3n) is 5.01. The van der Waals surface area contributed by atoms with Gasteiger partial charge in [-0.15, -0.1) is 22.7 Å². The molecule has 0 bridgehead atoms. The molecule has 1 atom stereocenters. The van der Waals surface area contributed by atoms with E-state index in [0.29, 0.717) is 22.8 Å². The van der Waals surface area contributed by atoms with Crippen molar-refractivity contribution in [3.63, 3.8) is 0 Å². The first-order valence-electron chi connectivity index (χ1n) is 8.48. The maximum Gasteiger partial charge on any atom is 0.349 e. The van der Waals surface area contributed by atoms with E-state index < -0.39 is 11.6 Å². The molecule has 7 heteroatoms. The number of carbonyl (C=O) groups is 1. The van der Waals surface area contributed by atoms with Crippen LogP contribution in [0.1, 0.15) is 29.0 Å². The predicted octanol–water partition coefficient (Wildman–Crippen LogP) is 2.50. The molecule has 0 aliphatic carbocycles. The van der Waals surface area contributed by atoms with Crippen LogP contribution in [0.25, 0.3) is 0 Å². The molecule has 0 amide bonds. The zero-order valence-corrected chi connectivity index (χ0v) is 15.4. The molecule has 5 nitrogen and oxygen atoms in total. The van der Waals surface area contributed by atoms with Crippen LogP contribution in [-0.2, 0) is 19.9 Å². The van der Waals surface area contributed by atoms with E-state index >= 15 is 0 Å². The zero-order chi connectivity index (χ0) is 17.3. The minimum Gasteiger partial charge on any atom is -0.457 e. The third kappa shape index (κ3) is 3.15. The van der Waals surface area contributed by atoms with Crippen LogP contribution in [0.3, 0.4) is 0 Å². The Bertz CT molecular complexity index is 673. The molecule has 2 aliphatic rings. The second-order valence-electron chi connectivity index (χ2n) is 6.64. The fourth-order valence-electron chi connectivity index (χ4n) is 3.64. The Labute approximate surface area is 154 Å². The van der Waals surface area contributed by atoms with E-state index in [-0.39, 0.29) is 11.7 Å². The van der Waals surface area contributed by atoms with Crippen LogP contribution < -0.4 is 5.32 Å². The van der Waals surface area contributed by atoms with Gasteiger partial charge >= 0.3 is 5.97 Å². The van der Waals surface area contributed by atoms with Crippen LogP contribution in [0, 0.1) is 0 Å². The van der Waals surface area contributed by atoms with E-state index in [2.05, 4.69) is 5.32 Å². The lowest BCUT2D eigenvalue weighted by Crippen LogP contribution is -2.42. The molecule has 4 rings (SSSR count). The molecule has 2 N–H and O–H groups in total. The molecule has 0 unspecified atom stereocenters. The standard InChI is InChI=1S/C18H21NO4S2/c20-16(23-13-11-17(22-12-13)5-7-19-8-6-17)18(21,14-3-1-9-24-14)15-4-2-10-25-15/h1-4,9-10,13,19,21H,5-8,11-12H2/t13-/m1/s1. The van der Waals surface area contributed by atoms with Gasteiger partial charge in [-0.25, -0.2) is 4.79 Å². The van der Waals surface area contributed by atoms with Gasteiger partial charge in [0.2, 0.25) is 5.60 Å². The number of carbonyl (C=O) groups excluding carboxylic acids is 1. The molecule has 2 aromatic heterocycles.